The fourth-order valence-corrected chi connectivity index (χ4v) is 0.561. The molecule has 10 heavy (non-hydrogen) atoms. The monoisotopic (exact) mass is 157 g/mol. The first-order valence-corrected chi connectivity index (χ1v) is 2.59. The van der Waals surface area contributed by atoms with E-state index in [4.69, 9.17) is 5.84 Å². The van der Waals surface area contributed by atoms with E-state index in [1.165, 1.54) is 0 Å². The van der Waals surface area contributed by atoms with Crippen LogP contribution < -0.4 is 5.84 Å². The summed E-state index contributed by atoms with van der Waals surface area (Å²) in [5.74, 6) is 4.82. The van der Waals surface area contributed by atoms with Crippen LogP contribution in [0.15, 0.2) is 40.7 Å². The summed E-state index contributed by atoms with van der Waals surface area (Å²) in [5.41, 5.74) is 0.778. The van der Waals surface area contributed by atoms with Gasteiger partial charge in [-0.15, -0.1) is 17.5 Å². The molecule has 0 radical (unpaired) electrons. The molecule has 0 aliphatic heterocycles. The van der Waals surface area contributed by atoms with Crippen molar-refractivity contribution in [2.24, 2.45) is 16.2 Å². The quantitative estimate of drug-likeness (QED) is 0.379. The second kappa shape index (κ2) is 4.76. The Balaban J connectivity index is 0.000000810. The molecule has 0 bridgehead atoms. The molecule has 0 unspecified atom stereocenters. The molecule has 1 aromatic rings. The Morgan fingerprint density at radius 2 is 1.70 bits per heavy atom. The first kappa shape index (κ1) is 8.91. The number of halogens is 1. The number of rotatable bonds is 1. The van der Waals surface area contributed by atoms with E-state index in [1.807, 2.05) is 30.3 Å². The van der Waals surface area contributed by atoms with E-state index < -0.39 is 0 Å². The van der Waals surface area contributed by atoms with E-state index in [0.717, 1.165) is 5.69 Å². The zero-order valence-electron chi connectivity index (χ0n) is 5.27. The normalized spacial score (nSPS) is 9.20. The predicted molar refractivity (Wildman–Crippen MR) is 42.4 cm³/mol. The number of hydrogen-bond donors (Lipinski definition) is 1. The third-order valence-electron chi connectivity index (χ3n) is 0.929. The molecule has 0 spiro atoms. The number of nitrogens with two attached hydrogens (primary N) is 1. The van der Waals surface area contributed by atoms with Crippen molar-refractivity contribution in [2.45, 2.75) is 0 Å². The van der Waals surface area contributed by atoms with Gasteiger partial charge in [-0.2, -0.15) is 0 Å². The van der Waals surface area contributed by atoms with Gasteiger partial charge in [0, 0.05) is 0 Å². The third kappa shape index (κ3) is 2.46. The van der Waals surface area contributed by atoms with Gasteiger partial charge in [0.25, 0.3) is 0 Å². The SMILES string of the molecule is Cl.NN=Nc1ccccc1. The maximum atomic E-state index is 4.82. The predicted octanol–water partition coefficient (Wildman–Crippen LogP) is 2.07. The van der Waals surface area contributed by atoms with Crippen molar-refractivity contribution < 1.29 is 0 Å². The maximum absolute atomic E-state index is 4.82. The van der Waals surface area contributed by atoms with Crippen LogP contribution in [0.3, 0.4) is 0 Å². The summed E-state index contributed by atoms with van der Waals surface area (Å²) in [5, 5.41) is 6.74. The topological polar surface area (TPSA) is 50.7 Å². The minimum atomic E-state index is 0. The largest absolute Gasteiger partial charge is 0.305 e. The molecule has 0 heterocycles. The molecule has 0 fully saturated rings. The lowest BCUT2D eigenvalue weighted by molar-refractivity contribution is 1.06. The van der Waals surface area contributed by atoms with E-state index in [1.54, 1.807) is 0 Å². The Hall–Kier alpha value is -1.09. The van der Waals surface area contributed by atoms with Gasteiger partial charge in [0.2, 0.25) is 0 Å². The smallest absolute Gasteiger partial charge is 0.0874 e. The van der Waals surface area contributed by atoms with E-state index in [2.05, 4.69) is 10.3 Å². The summed E-state index contributed by atoms with van der Waals surface area (Å²) in [6.45, 7) is 0. The van der Waals surface area contributed by atoms with Crippen molar-refractivity contribution >= 4 is 18.1 Å². The molecule has 3 nitrogen and oxygen atoms in total. The molecule has 0 aliphatic rings. The van der Waals surface area contributed by atoms with Crippen molar-refractivity contribution in [2.75, 3.05) is 0 Å². The molecule has 0 saturated heterocycles. The highest BCUT2D eigenvalue weighted by Crippen LogP contribution is 2.08. The molecule has 54 valence electrons. The van der Waals surface area contributed by atoms with Gasteiger partial charge in [0.15, 0.2) is 0 Å². The van der Waals surface area contributed by atoms with Crippen LogP contribution in [0.25, 0.3) is 0 Å². The third-order valence-corrected chi connectivity index (χ3v) is 0.929. The lowest BCUT2D eigenvalue weighted by Gasteiger charge is -1.84. The lowest BCUT2D eigenvalue weighted by Crippen LogP contribution is -1.72. The fraction of sp³-hybridized carbons (Fsp3) is 0. The van der Waals surface area contributed by atoms with E-state index >= 15 is 0 Å². The van der Waals surface area contributed by atoms with Crippen LogP contribution in [0.2, 0.25) is 0 Å². The van der Waals surface area contributed by atoms with Crippen LogP contribution >= 0.6 is 12.4 Å². The number of hydrogen-bond acceptors (Lipinski definition) is 2. The van der Waals surface area contributed by atoms with Gasteiger partial charge in [0.05, 0.1) is 5.69 Å². The summed E-state index contributed by atoms with van der Waals surface area (Å²) >= 11 is 0. The second-order valence-electron chi connectivity index (χ2n) is 1.55. The first-order valence-electron chi connectivity index (χ1n) is 2.59. The van der Waals surface area contributed by atoms with Crippen LogP contribution in [-0.4, -0.2) is 0 Å². The molecule has 1 rings (SSSR count). The van der Waals surface area contributed by atoms with Gasteiger partial charge in [-0.05, 0) is 12.1 Å². The summed E-state index contributed by atoms with van der Waals surface area (Å²) in [4.78, 5) is 0. The lowest BCUT2D eigenvalue weighted by atomic mass is 10.3. The second-order valence-corrected chi connectivity index (χ2v) is 1.55. The van der Waals surface area contributed by atoms with Gasteiger partial charge in [-0.1, -0.05) is 23.4 Å². The molecular weight excluding hydrogens is 150 g/mol. The van der Waals surface area contributed by atoms with E-state index in [9.17, 15) is 0 Å². The first-order chi connectivity index (χ1) is 4.43. The average molecular weight is 158 g/mol. The Labute approximate surface area is 65.3 Å². The Bertz CT molecular complexity index is 197. The Kier molecular flexibility index (Phi) is 4.24. The van der Waals surface area contributed by atoms with Crippen LogP contribution in [-0.2, 0) is 0 Å². The summed E-state index contributed by atoms with van der Waals surface area (Å²) in [6, 6.07) is 9.33. The maximum Gasteiger partial charge on any atom is 0.0874 e. The minimum absolute atomic E-state index is 0. The summed E-state index contributed by atoms with van der Waals surface area (Å²) < 4.78 is 0. The molecule has 1 aromatic carbocycles. The molecule has 4 heteroatoms. The molecule has 0 aliphatic carbocycles. The van der Waals surface area contributed by atoms with E-state index in [0.29, 0.717) is 0 Å². The number of benzene rings is 1. The number of nitrogens with zero attached hydrogens (tertiary/aromatic N) is 2. The zero-order chi connectivity index (χ0) is 6.53. The van der Waals surface area contributed by atoms with Crippen molar-refractivity contribution in [3.05, 3.63) is 30.3 Å². The van der Waals surface area contributed by atoms with Crippen molar-refractivity contribution in [1.82, 2.24) is 0 Å². The van der Waals surface area contributed by atoms with Crippen LogP contribution in [0, 0.1) is 0 Å². The Morgan fingerprint density at radius 1 is 1.10 bits per heavy atom. The molecule has 0 saturated carbocycles. The van der Waals surface area contributed by atoms with Crippen molar-refractivity contribution in [3.8, 4) is 0 Å². The molecule has 0 aromatic heterocycles. The van der Waals surface area contributed by atoms with Crippen LogP contribution in [0.4, 0.5) is 5.69 Å². The van der Waals surface area contributed by atoms with Crippen molar-refractivity contribution in [1.29, 1.82) is 0 Å². The molecule has 2 N–H and O–H groups in total. The summed E-state index contributed by atoms with van der Waals surface area (Å²) in [7, 11) is 0. The van der Waals surface area contributed by atoms with E-state index in [-0.39, 0.29) is 12.4 Å². The Morgan fingerprint density at radius 3 is 2.20 bits per heavy atom. The molecule has 0 amide bonds. The van der Waals surface area contributed by atoms with Gasteiger partial charge in [0.1, 0.15) is 0 Å². The van der Waals surface area contributed by atoms with Gasteiger partial charge < -0.3 is 5.84 Å². The highest BCUT2D eigenvalue weighted by atomic mass is 35.5. The van der Waals surface area contributed by atoms with Gasteiger partial charge in [-0.25, -0.2) is 0 Å². The highest BCUT2D eigenvalue weighted by Gasteiger charge is 1.80. The minimum Gasteiger partial charge on any atom is -0.305 e. The highest BCUT2D eigenvalue weighted by molar-refractivity contribution is 5.85. The molecular formula is C6H8ClN3. The van der Waals surface area contributed by atoms with Crippen LogP contribution in [0.5, 0.6) is 0 Å². The average Bonchev–Trinajstić information content (AvgIpc) is 1.91. The summed E-state index contributed by atoms with van der Waals surface area (Å²) in [6.07, 6.45) is 0. The zero-order valence-corrected chi connectivity index (χ0v) is 6.08. The van der Waals surface area contributed by atoms with Crippen LogP contribution in [0.1, 0.15) is 0 Å². The fourth-order valence-electron chi connectivity index (χ4n) is 0.561. The standard InChI is InChI=1S/C6H7N3.ClH/c7-9-8-6-4-2-1-3-5-6;/h1-5H,(H2,7,8);1H. The van der Waals surface area contributed by atoms with Gasteiger partial charge in [-0.3, -0.25) is 0 Å². The van der Waals surface area contributed by atoms with Crippen molar-refractivity contribution in [3.63, 3.8) is 0 Å². The molecule has 0 atom stereocenters. The van der Waals surface area contributed by atoms with Gasteiger partial charge >= 0.3 is 0 Å².